The molecular formula is C16H16N2O5S. The molecule has 0 saturated carbocycles. The van der Waals surface area contributed by atoms with Crippen molar-refractivity contribution in [2.75, 3.05) is 11.4 Å². The van der Waals surface area contributed by atoms with Crippen LogP contribution in [-0.4, -0.2) is 31.7 Å². The van der Waals surface area contributed by atoms with Crippen LogP contribution in [0, 0.1) is 0 Å². The highest BCUT2D eigenvalue weighted by molar-refractivity contribution is 7.93. The number of hydrogen-bond acceptors (Lipinski definition) is 5. The molecule has 1 aliphatic heterocycles. The van der Waals surface area contributed by atoms with Crippen molar-refractivity contribution >= 4 is 21.6 Å². The van der Waals surface area contributed by atoms with Crippen LogP contribution >= 0.6 is 0 Å². The Kier molecular flexibility index (Phi) is 3.94. The summed E-state index contributed by atoms with van der Waals surface area (Å²) in [6.45, 7) is 1.16. The van der Waals surface area contributed by atoms with E-state index in [-0.39, 0.29) is 16.2 Å². The molecule has 1 amide bonds. The van der Waals surface area contributed by atoms with Gasteiger partial charge in [0.2, 0.25) is 5.91 Å². The number of hydroxylamine groups is 2. The molecule has 8 heteroatoms. The second kappa shape index (κ2) is 5.81. The van der Waals surface area contributed by atoms with Crippen molar-refractivity contribution in [2.24, 2.45) is 0 Å². The monoisotopic (exact) mass is 348 g/mol. The van der Waals surface area contributed by atoms with Crippen molar-refractivity contribution < 1.29 is 23.2 Å². The molecule has 0 spiro atoms. The molecule has 0 saturated heterocycles. The SMILES string of the molecule is COc1cccc2c1S(=O)(=O)N(c1ccccc1)C2N(O)C(C)=O. The van der Waals surface area contributed by atoms with Gasteiger partial charge in [-0.25, -0.2) is 12.7 Å². The fourth-order valence-corrected chi connectivity index (χ4v) is 4.73. The molecule has 0 radical (unpaired) electrons. The fourth-order valence-electron chi connectivity index (χ4n) is 2.79. The van der Waals surface area contributed by atoms with Gasteiger partial charge in [0.25, 0.3) is 10.0 Å². The summed E-state index contributed by atoms with van der Waals surface area (Å²) in [5.74, 6) is -0.514. The molecule has 126 valence electrons. The van der Waals surface area contributed by atoms with Gasteiger partial charge in [-0.3, -0.25) is 10.0 Å². The van der Waals surface area contributed by atoms with Crippen molar-refractivity contribution in [1.82, 2.24) is 5.06 Å². The predicted octanol–water partition coefficient (Wildman–Crippen LogP) is 2.14. The zero-order valence-electron chi connectivity index (χ0n) is 13.1. The van der Waals surface area contributed by atoms with Gasteiger partial charge in [0.1, 0.15) is 10.6 Å². The van der Waals surface area contributed by atoms with Gasteiger partial charge in [-0.2, -0.15) is 5.06 Å². The van der Waals surface area contributed by atoms with E-state index < -0.39 is 22.1 Å². The highest BCUT2D eigenvalue weighted by Crippen LogP contribution is 2.47. The van der Waals surface area contributed by atoms with Crippen molar-refractivity contribution in [3.8, 4) is 5.75 Å². The van der Waals surface area contributed by atoms with E-state index in [4.69, 9.17) is 4.74 Å². The average molecular weight is 348 g/mol. The number of sulfonamides is 1. The van der Waals surface area contributed by atoms with E-state index >= 15 is 0 Å². The number of ether oxygens (including phenoxy) is 1. The molecule has 3 rings (SSSR count). The first-order valence-corrected chi connectivity index (χ1v) is 8.58. The van der Waals surface area contributed by atoms with Crippen LogP contribution in [0.1, 0.15) is 18.7 Å². The van der Waals surface area contributed by atoms with Crippen LogP contribution in [-0.2, 0) is 14.8 Å². The number of benzene rings is 2. The maximum Gasteiger partial charge on any atom is 0.270 e. The van der Waals surface area contributed by atoms with Gasteiger partial charge in [-0.05, 0) is 18.2 Å². The van der Waals surface area contributed by atoms with E-state index in [0.29, 0.717) is 10.8 Å². The van der Waals surface area contributed by atoms with Crippen LogP contribution in [0.2, 0.25) is 0 Å². The predicted molar refractivity (Wildman–Crippen MR) is 86.1 cm³/mol. The standard InChI is InChI=1S/C16H16N2O5S/c1-11(19)17(20)16-13-9-6-10-14(23-2)15(13)24(21,22)18(16)12-7-4-3-5-8-12/h3-10,16,20H,1-2H3. The van der Waals surface area contributed by atoms with Gasteiger partial charge >= 0.3 is 0 Å². The third-order valence-corrected chi connectivity index (χ3v) is 5.69. The molecule has 0 aliphatic carbocycles. The second-order valence-corrected chi connectivity index (χ2v) is 7.00. The van der Waals surface area contributed by atoms with Crippen molar-refractivity contribution in [3.05, 3.63) is 54.1 Å². The lowest BCUT2D eigenvalue weighted by Gasteiger charge is -2.30. The minimum Gasteiger partial charge on any atom is -0.495 e. The zero-order valence-corrected chi connectivity index (χ0v) is 13.9. The summed E-state index contributed by atoms with van der Waals surface area (Å²) < 4.78 is 32.4. The molecule has 1 unspecified atom stereocenters. The molecule has 0 fully saturated rings. The molecule has 2 aromatic rings. The molecule has 1 N–H and O–H groups in total. The summed E-state index contributed by atoms with van der Waals surface area (Å²) >= 11 is 0. The number of nitrogens with zero attached hydrogens (tertiary/aromatic N) is 2. The number of carbonyl (C=O) groups excluding carboxylic acids is 1. The third-order valence-electron chi connectivity index (χ3n) is 3.81. The average Bonchev–Trinajstić information content (AvgIpc) is 2.82. The first-order valence-electron chi connectivity index (χ1n) is 7.14. The maximum absolute atomic E-state index is 13.1. The molecule has 1 atom stereocenters. The lowest BCUT2D eigenvalue weighted by Crippen LogP contribution is -2.40. The number of methoxy groups -OCH3 is 1. The van der Waals surface area contributed by atoms with Gasteiger partial charge in [0.15, 0.2) is 6.17 Å². The molecular weight excluding hydrogens is 332 g/mol. The Hall–Kier alpha value is -2.58. The highest BCUT2D eigenvalue weighted by atomic mass is 32.2. The zero-order chi connectivity index (χ0) is 17.5. The number of carbonyl (C=O) groups is 1. The molecule has 24 heavy (non-hydrogen) atoms. The Morgan fingerprint density at radius 1 is 1.17 bits per heavy atom. The van der Waals surface area contributed by atoms with Gasteiger partial charge in [-0.15, -0.1) is 0 Å². The summed E-state index contributed by atoms with van der Waals surface area (Å²) in [5.41, 5.74) is 0.608. The van der Waals surface area contributed by atoms with E-state index in [2.05, 4.69) is 0 Å². The maximum atomic E-state index is 13.1. The summed E-state index contributed by atoms with van der Waals surface area (Å²) in [6, 6.07) is 13.0. The molecule has 1 aliphatic rings. The van der Waals surface area contributed by atoms with E-state index in [9.17, 15) is 18.4 Å². The molecule has 2 aromatic carbocycles. The van der Waals surface area contributed by atoms with E-state index in [1.54, 1.807) is 42.5 Å². The Labute approximate surface area is 139 Å². The van der Waals surface area contributed by atoms with Gasteiger partial charge < -0.3 is 4.74 Å². The van der Waals surface area contributed by atoms with Crippen molar-refractivity contribution in [2.45, 2.75) is 18.0 Å². The Bertz CT molecular complexity index is 883. The lowest BCUT2D eigenvalue weighted by molar-refractivity contribution is -0.172. The van der Waals surface area contributed by atoms with Crippen LogP contribution in [0.4, 0.5) is 5.69 Å². The summed E-state index contributed by atoms with van der Waals surface area (Å²) in [7, 11) is -2.65. The second-order valence-electron chi connectivity index (χ2n) is 5.25. The topological polar surface area (TPSA) is 87.2 Å². The fraction of sp³-hybridized carbons (Fsp3) is 0.188. The van der Waals surface area contributed by atoms with E-state index in [1.165, 1.54) is 13.2 Å². The number of fused-ring (bicyclic) bond motifs is 1. The minimum absolute atomic E-state index is 0.0540. The Balaban J connectivity index is 2.31. The number of hydrogen-bond donors (Lipinski definition) is 1. The number of anilines is 1. The first kappa shape index (κ1) is 16.3. The van der Waals surface area contributed by atoms with Crippen LogP contribution < -0.4 is 9.04 Å². The van der Waals surface area contributed by atoms with Crippen molar-refractivity contribution in [3.63, 3.8) is 0 Å². The van der Waals surface area contributed by atoms with E-state index in [0.717, 1.165) is 11.2 Å². The number of amides is 1. The van der Waals surface area contributed by atoms with Gasteiger partial charge in [0, 0.05) is 12.5 Å². The Morgan fingerprint density at radius 3 is 2.42 bits per heavy atom. The third kappa shape index (κ3) is 2.31. The molecule has 0 bridgehead atoms. The highest BCUT2D eigenvalue weighted by Gasteiger charge is 2.48. The van der Waals surface area contributed by atoms with Crippen LogP contribution in [0.5, 0.6) is 5.75 Å². The quantitative estimate of drug-likeness (QED) is 0.678. The summed E-state index contributed by atoms with van der Waals surface area (Å²) in [6.07, 6.45) is -1.19. The van der Waals surface area contributed by atoms with Crippen LogP contribution in [0.15, 0.2) is 53.4 Å². The largest absolute Gasteiger partial charge is 0.495 e. The smallest absolute Gasteiger partial charge is 0.270 e. The lowest BCUT2D eigenvalue weighted by atomic mass is 10.1. The molecule has 7 nitrogen and oxygen atoms in total. The number of rotatable bonds is 3. The van der Waals surface area contributed by atoms with Crippen LogP contribution in [0.25, 0.3) is 0 Å². The van der Waals surface area contributed by atoms with E-state index in [1.807, 2.05) is 0 Å². The van der Waals surface area contributed by atoms with Crippen molar-refractivity contribution in [1.29, 1.82) is 0 Å². The summed E-state index contributed by atoms with van der Waals surface area (Å²) in [4.78, 5) is 11.7. The molecule has 1 heterocycles. The Morgan fingerprint density at radius 2 is 1.83 bits per heavy atom. The number of para-hydroxylation sites is 1. The minimum atomic E-state index is -4.02. The van der Waals surface area contributed by atoms with Gasteiger partial charge in [0.05, 0.1) is 12.8 Å². The van der Waals surface area contributed by atoms with Gasteiger partial charge in [-0.1, -0.05) is 30.3 Å². The van der Waals surface area contributed by atoms with Crippen LogP contribution in [0.3, 0.4) is 0 Å². The normalized spacial score (nSPS) is 18.1. The first-order chi connectivity index (χ1) is 11.4. The molecule has 0 aromatic heterocycles. The summed E-state index contributed by atoms with van der Waals surface area (Å²) in [5, 5.41) is 10.6.